The zero-order chi connectivity index (χ0) is 14.2. The molecule has 1 rings (SSSR count). The lowest BCUT2D eigenvalue weighted by atomic mass is 9.86. The van der Waals surface area contributed by atoms with E-state index in [1.807, 2.05) is 0 Å². The predicted octanol–water partition coefficient (Wildman–Crippen LogP) is 1.84. The third kappa shape index (κ3) is 3.07. The summed E-state index contributed by atoms with van der Waals surface area (Å²) in [6, 6.07) is 5.98. The number of ketones is 1. The van der Waals surface area contributed by atoms with Gasteiger partial charge in [-0.1, -0.05) is 30.3 Å². The molecule has 0 heterocycles. The highest BCUT2D eigenvalue weighted by molar-refractivity contribution is 5.92. The van der Waals surface area contributed by atoms with Gasteiger partial charge in [-0.2, -0.15) is 22.0 Å². The first-order valence-electron chi connectivity index (χ1n) is 4.78. The van der Waals surface area contributed by atoms with E-state index in [-0.39, 0.29) is 5.48 Å². The Balaban J connectivity index is 0.00000324. The minimum absolute atomic E-state index is 0. The summed E-state index contributed by atoms with van der Waals surface area (Å²) in [5.41, 5.74) is -3.71. The van der Waals surface area contributed by atoms with Crippen LogP contribution in [0.15, 0.2) is 30.3 Å². The summed E-state index contributed by atoms with van der Waals surface area (Å²) in [6.45, 7) is 0.464. The normalized spacial score (nSPS) is 15.3. The van der Waals surface area contributed by atoms with Gasteiger partial charge in [0.1, 0.15) is 0 Å². The minimum Gasteiger partial charge on any atom is -0.412 e. The van der Waals surface area contributed by atoms with E-state index in [1.165, 1.54) is 18.2 Å². The van der Waals surface area contributed by atoms with E-state index in [9.17, 15) is 31.9 Å². The number of carbonyl (C=O) groups excluding carboxylic acids is 1. The fourth-order valence-electron chi connectivity index (χ4n) is 1.34. The van der Waals surface area contributed by atoms with E-state index in [4.69, 9.17) is 0 Å². The first-order valence-corrected chi connectivity index (χ1v) is 4.78. The molecule has 19 heavy (non-hydrogen) atoms. The van der Waals surface area contributed by atoms with Crippen molar-refractivity contribution in [3.63, 3.8) is 0 Å². The maximum atomic E-state index is 13.5. The first-order chi connectivity index (χ1) is 8.01. The summed E-state index contributed by atoms with van der Waals surface area (Å²) in [5, 5.41) is 9.58. The second-order valence-electron chi connectivity index (χ2n) is 3.84. The van der Waals surface area contributed by atoms with E-state index in [0.717, 1.165) is 12.1 Å². The Bertz CT molecular complexity index is 439. The van der Waals surface area contributed by atoms with Crippen molar-refractivity contribution in [3.8, 4) is 0 Å². The van der Waals surface area contributed by atoms with Crippen molar-refractivity contribution in [3.05, 3.63) is 35.9 Å². The molecule has 0 radical (unpaired) electrons. The number of benzene rings is 1. The Morgan fingerprint density at radius 3 is 1.84 bits per heavy atom. The second kappa shape index (κ2) is 5.22. The van der Waals surface area contributed by atoms with Crippen molar-refractivity contribution in [1.82, 2.24) is 0 Å². The molecule has 3 N–H and O–H groups in total. The van der Waals surface area contributed by atoms with Gasteiger partial charge in [-0.15, -0.1) is 0 Å². The first kappa shape index (κ1) is 17.5. The van der Waals surface area contributed by atoms with Crippen LogP contribution in [0.3, 0.4) is 0 Å². The van der Waals surface area contributed by atoms with E-state index in [0.29, 0.717) is 6.92 Å². The van der Waals surface area contributed by atoms with Gasteiger partial charge in [-0.25, -0.2) is 0 Å². The fraction of sp³-hybridized carbons (Fsp3) is 0.364. The molecule has 0 spiro atoms. The van der Waals surface area contributed by atoms with Crippen LogP contribution in [0.5, 0.6) is 0 Å². The molecular formula is C11H11F5O3. The number of carbonyl (C=O) groups is 1. The molecule has 0 bridgehead atoms. The average Bonchev–Trinajstić information content (AvgIpc) is 2.27. The highest BCUT2D eigenvalue weighted by atomic mass is 19.4. The summed E-state index contributed by atoms with van der Waals surface area (Å²) in [4.78, 5) is 10.7. The number of Topliss-reactive ketones (excluding diaryl/α,β-unsaturated/α-hetero) is 1. The molecule has 0 saturated carbocycles. The molecule has 0 amide bonds. The van der Waals surface area contributed by atoms with E-state index in [2.05, 4.69) is 0 Å². The van der Waals surface area contributed by atoms with E-state index < -0.39 is 29.0 Å². The van der Waals surface area contributed by atoms with Crippen molar-refractivity contribution in [2.45, 2.75) is 24.6 Å². The topological polar surface area (TPSA) is 68.8 Å². The van der Waals surface area contributed by atoms with Gasteiger partial charge in [0.25, 0.3) is 0 Å². The van der Waals surface area contributed by atoms with Crippen LogP contribution in [0.2, 0.25) is 0 Å². The molecule has 0 saturated heterocycles. The second-order valence-corrected chi connectivity index (χ2v) is 3.84. The molecule has 8 heteroatoms. The maximum absolute atomic E-state index is 13.5. The largest absolute Gasteiger partial charge is 0.456 e. The Morgan fingerprint density at radius 2 is 1.47 bits per heavy atom. The summed E-state index contributed by atoms with van der Waals surface area (Å²) in [5.74, 6) is -8.24. The number of aliphatic hydroxyl groups is 1. The van der Waals surface area contributed by atoms with Crippen molar-refractivity contribution < 1.29 is 37.3 Å². The molecule has 3 nitrogen and oxygen atoms in total. The molecule has 0 aliphatic carbocycles. The summed E-state index contributed by atoms with van der Waals surface area (Å²) in [6.07, 6.45) is -5.72. The molecular weight excluding hydrogens is 275 g/mol. The Kier molecular flexibility index (Phi) is 4.79. The summed E-state index contributed by atoms with van der Waals surface area (Å²) in [7, 11) is 0. The van der Waals surface area contributed by atoms with Gasteiger partial charge in [0.15, 0.2) is 5.60 Å². The monoisotopic (exact) mass is 286 g/mol. The van der Waals surface area contributed by atoms with Gasteiger partial charge in [0.05, 0.1) is 0 Å². The smallest absolute Gasteiger partial charge is 0.412 e. The lowest BCUT2D eigenvalue weighted by Gasteiger charge is -2.32. The molecule has 0 aliphatic rings. The van der Waals surface area contributed by atoms with Gasteiger partial charge in [-0.3, -0.25) is 4.79 Å². The summed E-state index contributed by atoms with van der Waals surface area (Å²) < 4.78 is 63.1. The van der Waals surface area contributed by atoms with E-state index >= 15 is 0 Å². The minimum atomic E-state index is -5.72. The zero-order valence-corrected chi connectivity index (χ0v) is 9.63. The van der Waals surface area contributed by atoms with Gasteiger partial charge in [0, 0.05) is 0 Å². The predicted molar refractivity (Wildman–Crippen MR) is 55.6 cm³/mol. The quantitative estimate of drug-likeness (QED) is 0.861. The number of halogens is 5. The standard InChI is InChI=1S/C11H9F5O2.H2O/c1-9(18,7-5-3-2-4-6-7)10(12,13)8(17)11(14,15)16;/h2-6,18H,1H3;1H2. The number of alkyl halides is 5. The van der Waals surface area contributed by atoms with Crippen LogP contribution in [-0.2, 0) is 10.4 Å². The van der Waals surface area contributed by atoms with Gasteiger partial charge in [0.2, 0.25) is 0 Å². The Labute approximate surface area is 105 Å². The molecule has 1 aromatic rings. The third-order valence-electron chi connectivity index (χ3n) is 2.49. The van der Waals surface area contributed by atoms with Crippen molar-refractivity contribution in [2.24, 2.45) is 0 Å². The molecule has 0 aliphatic heterocycles. The SMILES string of the molecule is CC(O)(c1ccccc1)C(F)(F)C(=O)C(F)(F)F.O. The lowest BCUT2D eigenvalue weighted by molar-refractivity contribution is -0.226. The van der Waals surface area contributed by atoms with Crippen LogP contribution in [-0.4, -0.2) is 28.5 Å². The molecule has 0 aromatic heterocycles. The van der Waals surface area contributed by atoms with Crippen LogP contribution < -0.4 is 0 Å². The number of hydrogen-bond donors (Lipinski definition) is 1. The van der Waals surface area contributed by atoms with Crippen LogP contribution in [0, 0.1) is 0 Å². The lowest BCUT2D eigenvalue weighted by Crippen LogP contribution is -2.53. The Morgan fingerprint density at radius 1 is 1.05 bits per heavy atom. The van der Waals surface area contributed by atoms with Gasteiger partial charge >= 0.3 is 17.9 Å². The number of rotatable bonds is 3. The third-order valence-corrected chi connectivity index (χ3v) is 2.49. The van der Waals surface area contributed by atoms with Crippen molar-refractivity contribution in [1.29, 1.82) is 0 Å². The van der Waals surface area contributed by atoms with Gasteiger partial charge in [-0.05, 0) is 12.5 Å². The molecule has 108 valence electrons. The fourth-order valence-corrected chi connectivity index (χ4v) is 1.34. The zero-order valence-electron chi connectivity index (χ0n) is 9.63. The maximum Gasteiger partial charge on any atom is 0.456 e. The van der Waals surface area contributed by atoms with Crippen molar-refractivity contribution in [2.75, 3.05) is 0 Å². The average molecular weight is 286 g/mol. The van der Waals surface area contributed by atoms with Crippen LogP contribution in [0.4, 0.5) is 22.0 Å². The number of hydrogen-bond acceptors (Lipinski definition) is 2. The molecule has 1 atom stereocenters. The molecule has 1 aromatic carbocycles. The Hall–Kier alpha value is -1.54. The summed E-state index contributed by atoms with van der Waals surface area (Å²) >= 11 is 0. The highest BCUT2D eigenvalue weighted by Gasteiger charge is 2.64. The van der Waals surface area contributed by atoms with Crippen LogP contribution >= 0.6 is 0 Å². The van der Waals surface area contributed by atoms with Crippen LogP contribution in [0.1, 0.15) is 12.5 Å². The molecule has 0 fully saturated rings. The van der Waals surface area contributed by atoms with Crippen LogP contribution in [0.25, 0.3) is 0 Å². The highest BCUT2D eigenvalue weighted by Crippen LogP contribution is 2.41. The van der Waals surface area contributed by atoms with Crippen molar-refractivity contribution >= 4 is 5.78 Å². The van der Waals surface area contributed by atoms with Gasteiger partial charge < -0.3 is 10.6 Å². The van der Waals surface area contributed by atoms with E-state index in [1.54, 1.807) is 0 Å². The molecule has 1 unspecified atom stereocenters.